The number of hydrogen-bond donors (Lipinski definition) is 1. The zero-order chi connectivity index (χ0) is 15.7. The number of amides is 1. The highest BCUT2D eigenvalue weighted by Crippen LogP contribution is 2.27. The predicted octanol–water partition coefficient (Wildman–Crippen LogP) is 2.52. The van der Waals surface area contributed by atoms with Gasteiger partial charge in [0.1, 0.15) is 12.2 Å². The molecule has 1 aromatic carbocycles. The average Bonchev–Trinajstić information content (AvgIpc) is 3.02. The van der Waals surface area contributed by atoms with Gasteiger partial charge in [-0.3, -0.25) is 4.79 Å². The molecule has 0 atom stereocenters. The van der Waals surface area contributed by atoms with Crippen molar-refractivity contribution in [1.82, 2.24) is 20.1 Å². The second kappa shape index (κ2) is 5.63. The van der Waals surface area contributed by atoms with Crippen LogP contribution in [-0.4, -0.2) is 26.7 Å². The smallest absolute Gasteiger partial charge is 0.264 e. The number of nitrogens with one attached hydrogen (secondary N) is 1. The minimum Gasteiger partial charge on any atom is -0.420 e. The third-order valence-corrected chi connectivity index (χ3v) is 3.31. The molecule has 114 valence electrons. The molecule has 1 amide bonds. The zero-order valence-corrected chi connectivity index (χ0v) is 12.8. The Hall–Kier alpha value is -2.63. The molecule has 3 aromatic rings. The van der Waals surface area contributed by atoms with E-state index in [9.17, 15) is 4.79 Å². The fraction of sp³-hybridized carbons (Fsp3) is 0.312. The maximum absolute atomic E-state index is 12.2. The van der Waals surface area contributed by atoms with Crippen LogP contribution in [0.5, 0.6) is 0 Å². The largest absolute Gasteiger partial charge is 0.420 e. The van der Waals surface area contributed by atoms with Gasteiger partial charge in [-0.1, -0.05) is 18.2 Å². The lowest BCUT2D eigenvalue weighted by atomic mass is 10.2. The van der Waals surface area contributed by atoms with Gasteiger partial charge in [-0.05, 0) is 26.0 Å². The number of carbonyl (C=O) groups excluding carboxylic acids is 1. The molecule has 0 bridgehead atoms. The summed E-state index contributed by atoms with van der Waals surface area (Å²) in [6.07, 6.45) is 0. The molecular weight excluding hydrogens is 280 g/mol. The van der Waals surface area contributed by atoms with E-state index in [4.69, 9.17) is 4.42 Å². The van der Waals surface area contributed by atoms with E-state index < -0.39 is 0 Å². The quantitative estimate of drug-likeness (QED) is 0.803. The van der Waals surface area contributed by atoms with Crippen LogP contribution in [0.15, 0.2) is 34.7 Å². The van der Waals surface area contributed by atoms with Crippen molar-refractivity contribution in [3.63, 3.8) is 0 Å². The van der Waals surface area contributed by atoms with Crippen molar-refractivity contribution in [1.29, 1.82) is 0 Å². The molecule has 6 nitrogen and oxygen atoms in total. The third kappa shape index (κ3) is 2.72. The molecule has 22 heavy (non-hydrogen) atoms. The molecule has 0 radical (unpaired) electrons. The lowest BCUT2D eigenvalue weighted by Gasteiger charge is -2.11. The van der Waals surface area contributed by atoms with Gasteiger partial charge in [0.2, 0.25) is 11.8 Å². The highest BCUT2D eigenvalue weighted by atomic mass is 16.4. The van der Waals surface area contributed by atoms with Crippen LogP contribution in [0.1, 0.15) is 19.7 Å². The van der Waals surface area contributed by atoms with Crippen LogP contribution < -0.4 is 5.32 Å². The normalized spacial score (nSPS) is 11.3. The number of hydrogen-bond acceptors (Lipinski definition) is 4. The first kappa shape index (κ1) is 14.3. The van der Waals surface area contributed by atoms with Crippen molar-refractivity contribution < 1.29 is 9.21 Å². The highest BCUT2D eigenvalue weighted by molar-refractivity contribution is 5.88. The van der Waals surface area contributed by atoms with Gasteiger partial charge in [-0.15, -0.1) is 10.2 Å². The summed E-state index contributed by atoms with van der Waals surface area (Å²) in [5, 5.41) is 11.9. The first-order chi connectivity index (χ1) is 10.5. The number of aryl methyl sites for hydroxylation is 1. The summed E-state index contributed by atoms with van der Waals surface area (Å²) in [7, 11) is 0. The van der Waals surface area contributed by atoms with E-state index >= 15 is 0 Å². The summed E-state index contributed by atoms with van der Waals surface area (Å²) in [5.74, 6) is 0.873. The second-order valence-corrected chi connectivity index (χ2v) is 5.52. The van der Waals surface area contributed by atoms with E-state index in [1.807, 2.05) is 48.7 Å². The molecule has 0 saturated carbocycles. The SMILES string of the molecule is Cc1nnc(-c2cc3ccccc3n2CC(=O)NC(C)C)o1. The van der Waals surface area contributed by atoms with Crippen LogP contribution in [-0.2, 0) is 11.3 Å². The number of fused-ring (bicyclic) bond motifs is 1. The van der Waals surface area contributed by atoms with E-state index in [0.29, 0.717) is 11.8 Å². The number of para-hydroxylation sites is 1. The van der Waals surface area contributed by atoms with Gasteiger partial charge in [0.25, 0.3) is 5.89 Å². The van der Waals surface area contributed by atoms with E-state index in [1.165, 1.54) is 0 Å². The summed E-state index contributed by atoms with van der Waals surface area (Å²) in [6.45, 7) is 5.83. The summed E-state index contributed by atoms with van der Waals surface area (Å²) < 4.78 is 7.43. The topological polar surface area (TPSA) is 73.0 Å². The van der Waals surface area contributed by atoms with Crippen molar-refractivity contribution in [3.05, 3.63) is 36.2 Å². The van der Waals surface area contributed by atoms with Crippen molar-refractivity contribution in [2.45, 2.75) is 33.4 Å². The molecule has 0 aliphatic carbocycles. The lowest BCUT2D eigenvalue weighted by Crippen LogP contribution is -2.33. The minimum absolute atomic E-state index is 0.0474. The highest BCUT2D eigenvalue weighted by Gasteiger charge is 2.17. The number of carbonyl (C=O) groups is 1. The van der Waals surface area contributed by atoms with Crippen molar-refractivity contribution in [3.8, 4) is 11.6 Å². The Labute approximate surface area is 128 Å². The molecule has 0 unspecified atom stereocenters. The predicted molar refractivity (Wildman–Crippen MR) is 83.2 cm³/mol. The number of nitrogens with zero attached hydrogens (tertiary/aromatic N) is 3. The minimum atomic E-state index is -0.0474. The average molecular weight is 298 g/mol. The van der Waals surface area contributed by atoms with Crippen LogP contribution in [0.2, 0.25) is 0 Å². The van der Waals surface area contributed by atoms with Gasteiger partial charge in [0.05, 0.1) is 0 Å². The summed E-state index contributed by atoms with van der Waals surface area (Å²) in [6, 6.07) is 9.95. The Bertz CT molecular complexity index is 817. The molecule has 1 N–H and O–H groups in total. The van der Waals surface area contributed by atoms with Gasteiger partial charge < -0.3 is 14.3 Å². The van der Waals surface area contributed by atoms with Crippen molar-refractivity contribution >= 4 is 16.8 Å². The summed E-state index contributed by atoms with van der Waals surface area (Å²) in [5.41, 5.74) is 1.72. The molecular formula is C16H18N4O2. The van der Waals surface area contributed by atoms with Crippen LogP contribution in [0.3, 0.4) is 0 Å². The fourth-order valence-electron chi connectivity index (χ4n) is 2.47. The Balaban J connectivity index is 2.07. The van der Waals surface area contributed by atoms with E-state index in [2.05, 4.69) is 15.5 Å². The lowest BCUT2D eigenvalue weighted by molar-refractivity contribution is -0.122. The number of aromatic nitrogens is 3. The molecule has 3 rings (SSSR count). The molecule has 0 saturated heterocycles. The molecule has 0 spiro atoms. The maximum Gasteiger partial charge on any atom is 0.264 e. The van der Waals surface area contributed by atoms with Crippen LogP contribution in [0.25, 0.3) is 22.5 Å². The molecule has 2 aromatic heterocycles. The fourth-order valence-corrected chi connectivity index (χ4v) is 2.47. The first-order valence-electron chi connectivity index (χ1n) is 7.22. The van der Waals surface area contributed by atoms with E-state index in [-0.39, 0.29) is 18.5 Å². The first-order valence-corrected chi connectivity index (χ1v) is 7.22. The Morgan fingerprint density at radius 1 is 1.32 bits per heavy atom. The van der Waals surface area contributed by atoms with Crippen molar-refractivity contribution in [2.75, 3.05) is 0 Å². The van der Waals surface area contributed by atoms with E-state index in [1.54, 1.807) is 6.92 Å². The van der Waals surface area contributed by atoms with Gasteiger partial charge in [-0.25, -0.2) is 0 Å². The van der Waals surface area contributed by atoms with Crippen LogP contribution in [0.4, 0.5) is 0 Å². The van der Waals surface area contributed by atoms with Gasteiger partial charge in [0, 0.05) is 23.9 Å². The Kier molecular flexibility index (Phi) is 3.66. The molecule has 0 aliphatic rings. The molecule has 0 fully saturated rings. The summed E-state index contributed by atoms with van der Waals surface area (Å²) in [4.78, 5) is 12.2. The second-order valence-electron chi connectivity index (χ2n) is 5.52. The van der Waals surface area contributed by atoms with Gasteiger partial charge in [-0.2, -0.15) is 0 Å². The van der Waals surface area contributed by atoms with Gasteiger partial charge in [0.15, 0.2) is 0 Å². The maximum atomic E-state index is 12.2. The standard InChI is InChI=1S/C16H18N4O2/c1-10(2)17-15(21)9-20-13-7-5-4-6-12(13)8-14(20)16-19-18-11(3)22-16/h4-8,10H,9H2,1-3H3,(H,17,21). The molecule has 6 heteroatoms. The van der Waals surface area contributed by atoms with E-state index in [0.717, 1.165) is 16.6 Å². The Morgan fingerprint density at radius 3 is 2.77 bits per heavy atom. The Morgan fingerprint density at radius 2 is 2.09 bits per heavy atom. The number of benzene rings is 1. The molecule has 0 aliphatic heterocycles. The third-order valence-electron chi connectivity index (χ3n) is 3.31. The van der Waals surface area contributed by atoms with Crippen molar-refractivity contribution in [2.24, 2.45) is 0 Å². The monoisotopic (exact) mass is 298 g/mol. The van der Waals surface area contributed by atoms with Crippen LogP contribution in [0, 0.1) is 6.92 Å². The van der Waals surface area contributed by atoms with Gasteiger partial charge >= 0.3 is 0 Å². The van der Waals surface area contributed by atoms with Crippen LogP contribution >= 0.6 is 0 Å². The molecule has 2 heterocycles. The number of rotatable bonds is 4. The zero-order valence-electron chi connectivity index (χ0n) is 12.8. The summed E-state index contributed by atoms with van der Waals surface area (Å²) >= 11 is 0.